The predicted molar refractivity (Wildman–Crippen MR) is 458 cm³/mol. The van der Waals surface area contributed by atoms with Gasteiger partial charge in [0.05, 0.1) is 22.2 Å². The van der Waals surface area contributed by atoms with Gasteiger partial charge in [-0.05, 0) is 320 Å². The number of hydrogen-bond donors (Lipinski definition) is 0. The first-order valence-corrected chi connectivity index (χ1v) is 41.3. The molecule has 23 rings (SSSR count). The molecule has 4 aromatic heterocycles. The van der Waals surface area contributed by atoms with Crippen molar-refractivity contribution in [2.45, 2.75) is 202 Å². The minimum absolute atomic E-state index is 0.0592. The summed E-state index contributed by atoms with van der Waals surface area (Å²) in [5, 5.41) is 16.0. The Hall–Kier alpha value is -10.7. The zero-order chi connectivity index (χ0) is 73.8. The molecule has 4 fully saturated rings. The summed E-state index contributed by atoms with van der Waals surface area (Å²) in [7, 11) is 0. The molecule has 0 N–H and O–H groups in total. The van der Waals surface area contributed by atoms with Crippen LogP contribution in [0.2, 0.25) is 0 Å². The molecule has 8 unspecified atom stereocenters. The molecule has 8 heterocycles. The van der Waals surface area contributed by atoms with E-state index in [4.69, 9.17) is 0 Å². The zero-order valence-electron chi connectivity index (χ0n) is 64.8. The summed E-state index contributed by atoms with van der Waals surface area (Å²) in [6.07, 6.45) is 34.7. The number of anilines is 8. The van der Waals surface area contributed by atoms with E-state index in [9.17, 15) is 0 Å². The summed E-state index contributed by atoms with van der Waals surface area (Å²) in [4.78, 5) is 28.8. The van der Waals surface area contributed by atoms with Crippen LogP contribution in [0.4, 0.5) is 45.5 Å². The highest BCUT2D eigenvalue weighted by Crippen LogP contribution is 2.67. The Morgan fingerprint density at radius 1 is 0.218 bits per heavy atom. The molecule has 8 aliphatic rings. The number of pyridine rings is 4. The van der Waals surface area contributed by atoms with Gasteiger partial charge >= 0.3 is 0 Å². The predicted octanol–water partition coefficient (Wildman–Crippen LogP) is 26.7. The Morgan fingerprint density at radius 2 is 0.436 bits per heavy atom. The second kappa shape index (κ2) is 22.5. The molecule has 4 saturated carbocycles. The van der Waals surface area contributed by atoms with Crippen LogP contribution >= 0.6 is 0 Å². The molecule has 8 atom stereocenters. The molecule has 0 saturated heterocycles. The van der Waals surface area contributed by atoms with E-state index in [0.29, 0.717) is 0 Å². The van der Waals surface area contributed by atoms with Gasteiger partial charge in [0.1, 0.15) is 0 Å². The molecule has 4 aliphatic carbocycles. The van der Waals surface area contributed by atoms with Crippen LogP contribution < -0.4 is 19.6 Å². The minimum Gasteiger partial charge on any atom is -0.334 e. The standard InChI is InChI=1S/C102H94N8/c1-95-41-9-13-45-99(95,5)107(67-33-49-103-50-34-67)87-29-17-63(57-83(87)95)71-21-25-75-79-61-81-77-27-23-73(65-19-31-89-85(59-65)97(3)43-11-15-47-101(97,7)109(89)69-37-53-105-54-38-69)92-74(66-20-32-90-86(60-66)98(4)44-12-16-48-102(98,8)110(90)70-39-55-106-56-40-70)24-28-78(94(77)92)82(81)62-80(79)76-26-22-72(91(71)93(75)76)64-18-30-88-84(58-64)96(2)42-10-14-46-100(96,6)108(88)68-35-51-104-52-36-68/h17-40,49-62H,9-16,41-48H2,1-8H3. The van der Waals surface area contributed by atoms with Gasteiger partial charge in [-0.25, -0.2) is 0 Å². The van der Waals surface area contributed by atoms with Crippen LogP contribution in [0.3, 0.4) is 0 Å². The minimum atomic E-state index is -0.0880. The van der Waals surface area contributed by atoms with Gasteiger partial charge in [0, 0.05) is 117 Å². The Balaban J connectivity index is 0.758. The molecule has 8 heteroatoms. The summed E-state index contributed by atoms with van der Waals surface area (Å²) in [6.45, 7) is 20.5. The van der Waals surface area contributed by atoms with Crippen molar-refractivity contribution in [3.63, 3.8) is 0 Å². The van der Waals surface area contributed by atoms with Crippen molar-refractivity contribution in [3.05, 3.63) is 254 Å². The largest absolute Gasteiger partial charge is 0.334 e. The first-order chi connectivity index (χ1) is 53.5. The molecule has 0 radical (unpaired) electrons. The van der Waals surface area contributed by atoms with Crippen LogP contribution in [0, 0.1) is 0 Å². The zero-order valence-corrected chi connectivity index (χ0v) is 64.8. The SMILES string of the molecule is CC12CCCCC1(C)N(c1ccncc1)c1ccc(-c3ccc4c5cc6c(cc5c5ccc(-c7ccc8c(c7)C7(C)CCCCC7(C)N8c7ccncc7)c3c45)c3ccc(-c4ccc5c(c4)C4(C)CCCCC4(C)N5c4ccncc4)c4c(-c5ccc7c(c5)C5(C)CCCCC5(C)N7c5ccncc5)ccc6c43)cc12. The van der Waals surface area contributed by atoms with Gasteiger partial charge in [0.15, 0.2) is 0 Å². The Bertz CT molecular complexity index is 5620. The van der Waals surface area contributed by atoms with Crippen LogP contribution in [0.25, 0.3) is 109 Å². The fourth-order valence-corrected chi connectivity index (χ4v) is 25.5. The number of benzene rings is 9. The van der Waals surface area contributed by atoms with E-state index in [0.717, 1.165) is 51.4 Å². The van der Waals surface area contributed by atoms with Gasteiger partial charge in [-0.1, -0.05) is 152 Å². The van der Waals surface area contributed by atoms with E-state index in [1.807, 2.05) is 49.6 Å². The highest BCUT2D eigenvalue weighted by atomic mass is 15.3. The summed E-state index contributed by atoms with van der Waals surface area (Å²) in [6, 6.07) is 73.4. The average molecular weight is 1430 g/mol. The number of rotatable bonds is 8. The number of aromatic nitrogens is 4. The van der Waals surface area contributed by atoms with Gasteiger partial charge in [0.2, 0.25) is 0 Å². The maximum atomic E-state index is 4.52. The third kappa shape index (κ3) is 8.12. The molecular formula is C102H94N8. The van der Waals surface area contributed by atoms with Crippen molar-refractivity contribution >= 4 is 110 Å². The van der Waals surface area contributed by atoms with E-state index in [1.165, 1.54) is 228 Å². The van der Waals surface area contributed by atoms with Gasteiger partial charge in [-0.2, -0.15) is 0 Å². The third-order valence-electron chi connectivity index (χ3n) is 32.0. The van der Waals surface area contributed by atoms with Crippen molar-refractivity contribution in [1.82, 2.24) is 19.9 Å². The molecule has 15 aromatic rings. The highest BCUT2D eigenvalue weighted by Gasteiger charge is 2.62. The van der Waals surface area contributed by atoms with Crippen molar-refractivity contribution in [1.29, 1.82) is 0 Å². The lowest BCUT2D eigenvalue weighted by molar-refractivity contribution is 0.195. The topological polar surface area (TPSA) is 64.5 Å². The summed E-state index contributed by atoms with van der Waals surface area (Å²) in [5.41, 5.74) is 25.8. The second-order valence-electron chi connectivity index (χ2n) is 36.4. The second-order valence-corrected chi connectivity index (χ2v) is 36.4. The van der Waals surface area contributed by atoms with E-state index in [1.54, 1.807) is 0 Å². The molecule has 8 nitrogen and oxygen atoms in total. The Kier molecular flexibility index (Phi) is 13.3. The molecule has 0 spiro atoms. The molecule has 4 aliphatic heterocycles. The fraction of sp³-hybridized carbons (Fsp3) is 0.314. The van der Waals surface area contributed by atoms with Gasteiger partial charge in [-0.15, -0.1) is 0 Å². The van der Waals surface area contributed by atoms with Gasteiger partial charge in [-0.3, -0.25) is 19.9 Å². The smallest absolute Gasteiger partial charge is 0.0517 e. The monoisotopic (exact) mass is 1430 g/mol. The lowest BCUT2D eigenvalue weighted by atomic mass is 9.61. The molecule has 0 amide bonds. The maximum absolute atomic E-state index is 4.52. The molecule has 110 heavy (non-hydrogen) atoms. The summed E-state index contributed by atoms with van der Waals surface area (Å²) < 4.78 is 0. The van der Waals surface area contributed by atoms with Crippen molar-refractivity contribution in [3.8, 4) is 44.5 Å². The lowest BCUT2D eigenvalue weighted by Gasteiger charge is -2.50. The van der Waals surface area contributed by atoms with Crippen LogP contribution in [-0.4, -0.2) is 42.1 Å². The normalized spacial score (nSPS) is 27.3. The Labute approximate surface area is 645 Å². The quantitative estimate of drug-likeness (QED) is 0.149. The van der Waals surface area contributed by atoms with Crippen molar-refractivity contribution in [2.24, 2.45) is 0 Å². The van der Waals surface area contributed by atoms with E-state index in [2.05, 4.69) is 277 Å². The summed E-state index contributed by atoms with van der Waals surface area (Å²) >= 11 is 0. The number of fused-ring (bicyclic) bond motifs is 18. The average Bonchev–Trinajstić information content (AvgIpc) is 1.53. The van der Waals surface area contributed by atoms with E-state index >= 15 is 0 Å². The first-order valence-electron chi connectivity index (χ1n) is 41.3. The molecule has 0 bridgehead atoms. The molecule has 11 aromatic carbocycles. The van der Waals surface area contributed by atoms with E-state index in [-0.39, 0.29) is 43.8 Å². The Morgan fingerprint density at radius 3 is 0.664 bits per heavy atom. The molecular weight excluding hydrogens is 1340 g/mol. The first kappa shape index (κ1) is 65.2. The van der Waals surface area contributed by atoms with Crippen LogP contribution in [0.15, 0.2) is 232 Å². The van der Waals surface area contributed by atoms with Crippen LogP contribution in [0.5, 0.6) is 0 Å². The van der Waals surface area contributed by atoms with Crippen molar-refractivity contribution in [2.75, 3.05) is 19.6 Å². The maximum Gasteiger partial charge on any atom is 0.0517 e. The van der Waals surface area contributed by atoms with Gasteiger partial charge in [0.25, 0.3) is 0 Å². The third-order valence-corrected chi connectivity index (χ3v) is 32.0. The van der Waals surface area contributed by atoms with Crippen LogP contribution in [-0.2, 0) is 21.7 Å². The van der Waals surface area contributed by atoms with Gasteiger partial charge < -0.3 is 19.6 Å². The highest BCUT2D eigenvalue weighted by molar-refractivity contribution is 6.40. The van der Waals surface area contributed by atoms with Crippen LogP contribution in [0.1, 0.15) is 180 Å². The lowest BCUT2D eigenvalue weighted by Crippen LogP contribution is -2.54. The number of hydrogen-bond acceptors (Lipinski definition) is 8. The van der Waals surface area contributed by atoms with E-state index < -0.39 is 0 Å². The fourth-order valence-electron chi connectivity index (χ4n) is 25.5. The van der Waals surface area contributed by atoms with Crippen molar-refractivity contribution < 1.29 is 0 Å². The summed E-state index contributed by atoms with van der Waals surface area (Å²) in [5.74, 6) is 0. The number of nitrogens with zero attached hydrogens (tertiary/aromatic N) is 8. The molecule has 542 valence electrons.